The quantitative estimate of drug-likeness (QED) is 0.166. The van der Waals surface area contributed by atoms with Crippen LogP contribution in [0.5, 0.6) is 0 Å². The van der Waals surface area contributed by atoms with Gasteiger partial charge in [-0.05, 0) is 42.9 Å². The third kappa shape index (κ3) is 8.89. The van der Waals surface area contributed by atoms with Crippen LogP contribution in [0.3, 0.4) is 0 Å². The van der Waals surface area contributed by atoms with E-state index < -0.39 is 60.8 Å². The van der Waals surface area contributed by atoms with Crippen LogP contribution in [0.15, 0.2) is 30.5 Å². The van der Waals surface area contributed by atoms with E-state index in [2.05, 4.69) is 20.9 Å². The molecule has 2 aromatic rings. The molecule has 8 N–H and O–H groups in total. The number of nitrogens with two attached hydrogens (primary N) is 1. The number of para-hydroxylation sites is 1. The number of rotatable bonds is 15. The highest BCUT2D eigenvalue weighted by atomic mass is 32.2. The Labute approximate surface area is 211 Å². The highest BCUT2D eigenvalue weighted by Gasteiger charge is 2.29. The number of thioether (sulfide) groups is 1. The second-order valence-electron chi connectivity index (χ2n) is 8.12. The summed E-state index contributed by atoms with van der Waals surface area (Å²) in [5, 5.41) is 26.0. The van der Waals surface area contributed by atoms with Crippen molar-refractivity contribution in [3.63, 3.8) is 0 Å². The Kier molecular flexibility index (Phi) is 11.2. The Bertz CT molecular complexity index is 1090. The van der Waals surface area contributed by atoms with Gasteiger partial charge in [0.1, 0.15) is 18.6 Å². The van der Waals surface area contributed by atoms with Crippen molar-refractivity contribution >= 4 is 52.3 Å². The average molecular weight is 522 g/mol. The number of hydrogen-bond donors (Lipinski definition) is 7. The van der Waals surface area contributed by atoms with Gasteiger partial charge < -0.3 is 36.9 Å². The zero-order valence-corrected chi connectivity index (χ0v) is 20.6. The molecular formula is C23H31N5O7S. The summed E-state index contributed by atoms with van der Waals surface area (Å²) in [5.74, 6) is -4.02. The van der Waals surface area contributed by atoms with E-state index in [0.29, 0.717) is 5.75 Å². The van der Waals surface area contributed by atoms with Gasteiger partial charge in [0.25, 0.3) is 0 Å². The lowest BCUT2D eigenvalue weighted by Gasteiger charge is -2.23. The molecular weight excluding hydrogens is 490 g/mol. The average Bonchev–Trinajstić information content (AvgIpc) is 3.24. The first-order valence-corrected chi connectivity index (χ1v) is 12.6. The first-order valence-electron chi connectivity index (χ1n) is 11.2. The van der Waals surface area contributed by atoms with Crippen LogP contribution in [0.4, 0.5) is 0 Å². The van der Waals surface area contributed by atoms with Gasteiger partial charge >= 0.3 is 11.9 Å². The lowest BCUT2D eigenvalue weighted by Crippen LogP contribution is -2.56. The van der Waals surface area contributed by atoms with E-state index in [1.807, 2.05) is 24.3 Å². The van der Waals surface area contributed by atoms with Gasteiger partial charge in [0, 0.05) is 23.5 Å². The van der Waals surface area contributed by atoms with Crippen LogP contribution in [0.1, 0.15) is 24.8 Å². The van der Waals surface area contributed by atoms with Gasteiger partial charge in [-0.25, -0.2) is 0 Å². The molecule has 0 radical (unpaired) electrons. The van der Waals surface area contributed by atoms with E-state index in [-0.39, 0.29) is 19.3 Å². The number of carbonyl (C=O) groups is 5. The van der Waals surface area contributed by atoms with E-state index in [9.17, 15) is 24.0 Å². The lowest BCUT2D eigenvalue weighted by molar-refractivity contribution is -0.138. The molecule has 0 saturated heterocycles. The molecule has 0 aliphatic carbocycles. The molecule has 196 valence electrons. The molecule has 1 aromatic heterocycles. The van der Waals surface area contributed by atoms with Crippen LogP contribution < -0.4 is 21.7 Å². The molecule has 0 aliphatic heterocycles. The van der Waals surface area contributed by atoms with Crippen LogP contribution in [0.2, 0.25) is 0 Å². The first-order chi connectivity index (χ1) is 17.1. The summed E-state index contributed by atoms with van der Waals surface area (Å²) in [6.45, 7) is -0.619. The fourth-order valence-corrected chi connectivity index (χ4v) is 3.98. The van der Waals surface area contributed by atoms with Crippen molar-refractivity contribution in [1.82, 2.24) is 20.9 Å². The number of aromatic nitrogens is 1. The Morgan fingerprint density at radius 1 is 0.972 bits per heavy atom. The molecule has 0 aliphatic rings. The number of benzene rings is 1. The maximum atomic E-state index is 13.0. The number of amides is 3. The van der Waals surface area contributed by atoms with E-state index in [1.165, 1.54) is 11.8 Å². The van der Waals surface area contributed by atoms with Crippen molar-refractivity contribution in [2.45, 2.75) is 43.8 Å². The number of carboxylic acids is 2. The van der Waals surface area contributed by atoms with Gasteiger partial charge in [-0.3, -0.25) is 24.0 Å². The normalized spacial score (nSPS) is 13.4. The van der Waals surface area contributed by atoms with Crippen molar-refractivity contribution in [2.24, 2.45) is 5.73 Å². The molecule has 3 unspecified atom stereocenters. The minimum atomic E-state index is -1.26. The number of aromatic amines is 1. The minimum Gasteiger partial charge on any atom is -0.481 e. The zero-order valence-electron chi connectivity index (χ0n) is 19.8. The van der Waals surface area contributed by atoms with Gasteiger partial charge in [-0.2, -0.15) is 11.8 Å². The van der Waals surface area contributed by atoms with Gasteiger partial charge in [-0.1, -0.05) is 18.2 Å². The van der Waals surface area contributed by atoms with E-state index >= 15 is 0 Å². The molecule has 0 spiro atoms. The Balaban J connectivity index is 2.09. The molecule has 0 saturated carbocycles. The predicted molar refractivity (Wildman–Crippen MR) is 134 cm³/mol. The smallest absolute Gasteiger partial charge is 0.322 e. The lowest BCUT2D eigenvalue weighted by atomic mass is 10.0. The van der Waals surface area contributed by atoms with Crippen molar-refractivity contribution in [2.75, 3.05) is 18.6 Å². The Morgan fingerprint density at radius 3 is 2.31 bits per heavy atom. The number of H-pyrrole nitrogens is 1. The fourth-order valence-electron chi connectivity index (χ4n) is 3.51. The number of nitrogens with one attached hydrogen (secondary N) is 4. The molecule has 3 amide bonds. The van der Waals surface area contributed by atoms with Crippen molar-refractivity contribution in [3.05, 3.63) is 36.0 Å². The highest BCUT2D eigenvalue weighted by molar-refractivity contribution is 7.98. The second-order valence-corrected chi connectivity index (χ2v) is 9.10. The third-order valence-corrected chi connectivity index (χ3v) is 6.03. The number of carboxylic acid groups (broad SMARTS) is 2. The molecule has 2 rings (SSSR count). The van der Waals surface area contributed by atoms with Gasteiger partial charge in [-0.15, -0.1) is 0 Å². The molecule has 0 bridgehead atoms. The van der Waals surface area contributed by atoms with Gasteiger partial charge in [0.2, 0.25) is 17.7 Å². The largest absolute Gasteiger partial charge is 0.481 e. The second kappa shape index (κ2) is 14.1. The molecule has 36 heavy (non-hydrogen) atoms. The summed E-state index contributed by atoms with van der Waals surface area (Å²) in [6, 6.07) is 4.17. The monoisotopic (exact) mass is 521 g/mol. The molecule has 1 aromatic carbocycles. The standard InChI is InChI=1S/C23H31N5O7S/c1-36-9-8-18(22(34)26-12-20(31)32)28-23(35)17(6-7-19(29)30)27-21(33)15(24)10-13-11-25-16-5-3-2-4-14(13)16/h2-5,11,15,17-18,25H,6-10,12,24H2,1H3,(H,26,34)(H,27,33)(H,28,35)(H,29,30)(H,31,32). The number of fused-ring (bicyclic) bond motifs is 1. The topological polar surface area (TPSA) is 204 Å². The highest BCUT2D eigenvalue weighted by Crippen LogP contribution is 2.18. The van der Waals surface area contributed by atoms with Crippen molar-refractivity contribution in [3.8, 4) is 0 Å². The zero-order chi connectivity index (χ0) is 26.7. The number of carbonyl (C=O) groups excluding carboxylic acids is 3. The van der Waals surface area contributed by atoms with Gasteiger partial charge in [0.15, 0.2) is 0 Å². The third-order valence-electron chi connectivity index (χ3n) is 5.39. The summed E-state index contributed by atoms with van der Waals surface area (Å²) < 4.78 is 0. The molecule has 3 atom stereocenters. The molecule has 1 heterocycles. The summed E-state index contributed by atoms with van der Waals surface area (Å²) in [5.41, 5.74) is 7.79. The van der Waals surface area contributed by atoms with E-state index in [0.717, 1.165) is 16.5 Å². The van der Waals surface area contributed by atoms with E-state index in [4.69, 9.17) is 15.9 Å². The summed E-state index contributed by atoms with van der Waals surface area (Å²) in [7, 11) is 0. The van der Waals surface area contributed by atoms with E-state index in [1.54, 1.807) is 12.5 Å². The Morgan fingerprint density at radius 2 is 1.64 bits per heavy atom. The predicted octanol–water partition coefficient (Wildman–Crippen LogP) is -0.174. The Hall–Kier alpha value is -3.58. The van der Waals surface area contributed by atoms with Crippen LogP contribution in [-0.4, -0.2) is 81.5 Å². The maximum Gasteiger partial charge on any atom is 0.322 e. The summed E-state index contributed by atoms with van der Waals surface area (Å²) in [4.78, 5) is 63.1. The number of hydrogen-bond acceptors (Lipinski definition) is 7. The molecule has 13 heteroatoms. The molecule has 12 nitrogen and oxygen atoms in total. The van der Waals surface area contributed by atoms with Crippen molar-refractivity contribution < 1.29 is 34.2 Å². The van der Waals surface area contributed by atoms with Crippen LogP contribution in [0.25, 0.3) is 10.9 Å². The SMILES string of the molecule is CSCCC(NC(=O)C(CCC(=O)O)NC(=O)C(N)Cc1c[nH]c2ccccc12)C(=O)NCC(=O)O. The number of aliphatic carboxylic acids is 2. The van der Waals surface area contributed by atoms with Crippen LogP contribution >= 0.6 is 11.8 Å². The maximum absolute atomic E-state index is 13.0. The summed E-state index contributed by atoms with van der Waals surface area (Å²) in [6.07, 6.45) is 3.31. The van der Waals surface area contributed by atoms with Crippen LogP contribution in [-0.2, 0) is 30.4 Å². The van der Waals surface area contributed by atoms with Crippen molar-refractivity contribution in [1.29, 1.82) is 0 Å². The van der Waals surface area contributed by atoms with Crippen LogP contribution in [0, 0.1) is 0 Å². The van der Waals surface area contributed by atoms with Gasteiger partial charge in [0.05, 0.1) is 6.04 Å². The molecule has 0 fully saturated rings. The summed E-state index contributed by atoms with van der Waals surface area (Å²) >= 11 is 1.42. The fraction of sp³-hybridized carbons (Fsp3) is 0.435. The first kappa shape index (κ1) is 28.7. The minimum absolute atomic E-state index is 0.178.